The van der Waals surface area contributed by atoms with Crippen LogP contribution in [0.3, 0.4) is 0 Å². The summed E-state index contributed by atoms with van der Waals surface area (Å²) in [4.78, 5) is 12.3. The fourth-order valence-corrected chi connectivity index (χ4v) is 2.17. The van der Waals surface area contributed by atoms with Crippen LogP contribution in [-0.2, 0) is 4.79 Å². The topological polar surface area (TPSA) is 20.3 Å². The normalized spacial score (nSPS) is 14.5. The van der Waals surface area contributed by atoms with Gasteiger partial charge in [-0.3, -0.25) is 4.79 Å². The molecule has 0 unspecified atom stereocenters. The van der Waals surface area contributed by atoms with Gasteiger partial charge in [-0.25, -0.2) is 0 Å². The molecule has 0 fully saturated rings. The number of amides is 1. The van der Waals surface area contributed by atoms with Crippen molar-refractivity contribution in [3.05, 3.63) is 12.2 Å². The van der Waals surface area contributed by atoms with Gasteiger partial charge in [0.1, 0.15) is 0 Å². The van der Waals surface area contributed by atoms with Gasteiger partial charge in [0.15, 0.2) is 0 Å². The molecule has 2 nitrogen and oxygen atoms in total. The maximum Gasteiger partial charge on any atom is 0.460 e. The molecule has 0 saturated heterocycles. The Morgan fingerprint density at radius 2 is 1.16 bits per heavy atom. The van der Waals surface area contributed by atoms with Crippen molar-refractivity contribution >= 4 is 5.91 Å². The van der Waals surface area contributed by atoms with Crippen molar-refractivity contribution < 1.29 is 61.9 Å². The predicted molar refractivity (Wildman–Crippen MR) is 81.7 cm³/mol. The first kappa shape index (κ1) is 29.3. The van der Waals surface area contributed by atoms with E-state index in [9.17, 15) is 61.9 Å². The van der Waals surface area contributed by atoms with Gasteiger partial charge in [0.2, 0.25) is 5.91 Å². The summed E-state index contributed by atoms with van der Waals surface area (Å²) in [6.07, 6.45) is -9.42. The minimum atomic E-state index is -7.93. The van der Waals surface area contributed by atoms with Gasteiger partial charge in [-0.15, -0.1) is 0 Å². The highest BCUT2D eigenvalue weighted by Crippen LogP contribution is 2.60. The van der Waals surface area contributed by atoms with Gasteiger partial charge >= 0.3 is 35.8 Å². The minimum absolute atomic E-state index is 0.118. The second kappa shape index (κ2) is 9.04. The van der Waals surface area contributed by atoms with E-state index in [2.05, 4.69) is 6.58 Å². The largest absolute Gasteiger partial charge is 0.460 e. The molecule has 0 aromatic carbocycles. The van der Waals surface area contributed by atoms with Crippen LogP contribution >= 0.6 is 0 Å². The molecule has 31 heavy (non-hydrogen) atoms. The average molecular weight is 487 g/mol. The summed E-state index contributed by atoms with van der Waals surface area (Å²) in [5, 5.41) is 0. The van der Waals surface area contributed by atoms with E-state index in [1.165, 1.54) is 0 Å². The van der Waals surface area contributed by atoms with Crippen molar-refractivity contribution in [1.29, 1.82) is 0 Å². The number of unbranched alkanes of at least 4 members (excludes halogenated alkanes) is 1. The highest BCUT2D eigenvalue weighted by atomic mass is 19.4. The Bertz CT molecular complexity index is 654. The van der Waals surface area contributed by atoms with Crippen molar-refractivity contribution in [2.75, 3.05) is 13.1 Å². The van der Waals surface area contributed by atoms with Crippen molar-refractivity contribution in [3.63, 3.8) is 0 Å². The molecule has 0 aromatic heterocycles. The third-order valence-corrected chi connectivity index (χ3v) is 4.13. The third-order valence-electron chi connectivity index (χ3n) is 4.13. The van der Waals surface area contributed by atoms with E-state index in [0.717, 1.165) is 6.92 Å². The second-order valence-corrected chi connectivity index (χ2v) is 6.68. The van der Waals surface area contributed by atoms with Crippen LogP contribution in [-0.4, -0.2) is 59.7 Å². The van der Waals surface area contributed by atoms with Crippen molar-refractivity contribution in [1.82, 2.24) is 4.90 Å². The Morgan fingerprint density at radius 1 is 0.742 bits per heavy atom. The van der Waals surface area contributed by atoms with Crippen LogP contribution in [0.5, 0.6) is 0 Å². The van der Waals surface area contributed by atoms with Gasteiger partial charge in [-0.2, -0.15) is 57.1 Å². The van der Waals surface area contributed by atoms with Crippen LogP contribution in [0.15, 0.2) is 12.2 Å². The number of rotatable bonds is 11. The van der Waals surface area contributed by atoms with E-state index < -0.39 is 54.7 Å². The summed E-state index contributed by atoms with van der Waals surface area (Å²) in [5.74, 6) is -38.1. The fourth-order valence-electron chi connectivity index (χ4n) is 2.17. The zero-order valence-corrected chi connectivity index (χ0v) is 16.0. The van der Waals surface area contributed by atoms with Crippen LogP contribution in [0.25, 0.3) is 0 Å². The van der Waals surface area contributed by atoms with Crippen LogP contribution in [0, 0.1) is 0 Å². The Hall–Kier alpha value is -1.70. The highest BCUT2D eigenvalue weighted by molar-refractivity contribution is 5.92. The lowest BCUT2D eigenvalue weighted by Gasteiger charge is -2.40. The van der Waals surface area contributed by atoms with E-state index in [4.69, 9.17) is 0 Å². The molecule has 0 bridgehead atoms. The van der Waals surface area contributed by atoms with E-state index in [-0.39, 0.29) is 18.5 Å². The summed E-state index contributed by atoms with van der Waals surface area (Å²) in [5.41, 5.74) is -0.284. The molecule has 0 spiro atoms. The van der Waals surface area contributed by atoms with Crippen molar-refractivity contribution in [2.24, 2.45) is 0 Å². The number of carbonyl (C=O) groups is 1. The second-order valence-electron chi connectivity index (χ2n) is 6.68. The molecule has 0 aromatic rings. The molecule has 0 radical (unpaired) electrons. The molecule has 0 aliphatic rings. The first-order chi connectivity index (χ1) is 13.5. The monoisotopic (exact) mass is 487 g/mol. The van der Waals surface area contributed by atoms with E-state index in [1.807, 2.05) is 0 Å². The number of hydrogen-bond acceptors (Lipinski definition) is 1. The summed E-state index contributed by atoms with van der Waals surface area (Å²) in [7, 11) is 0. The summed E-state index contributed by atoms with van der Waals surface area (Å²) in [6, 6.07) is 0. The molecule has 15 heteroatoms. The Morgan fingerprint density at radius 3 is 1.52 bits per heavy atom. The standard InChI is InChI=1S/C16H18F13NO/c1-4-5-7-30(10(31)9(2)3)8-6-11(17,18)12(19,20)13(21,22)14(23,24)15(25,26)16(27,28)29/h2,4-8H2,1,3H3. The SMILES string of the molecule is C=C(C)C(=O)N(CCCC)CCC(F)(F)C(F)(F)C(F)(F)C(F)(F)C(F)(F)C(F)(F)F. The number of nitrogens with zero attached hydrogens (tertiary/aromatic N) is 1. The quantitative estimate of drug-likeness (QED) is 0.247. The summed E-state index contributed by atoms with van der Waals surface area (Å²) >= 11 is 0. The molecule has 1 amide bonds. The van der Waals surface area contributed by atoms with Gasteiger partial charge in [0, 0.05) is 25.1 Å². The Labute approximate surface area is 168 Å². The molecular weight excluding hydrogens is 469 g/mol. The maximum atomic E-state index is 13.8. The lowest BCUT2D eigenvalue weighted by atomic mass is 9.92. The number of halogens is 13. The van der Waals surface area contributed by atoms with Crippen LogP contribution in [0.1, 0.15) is 33.1 Å². The van der Waals surface area contributed by atoms with Crippen molar-refractivity contribution in [3.8, 4) is 0 Å². The predicted octanol–water partition coefficient (Wildman–Crippen LogP) is 6.32. The molecular formula is C16H18F13NO. The molecule has 0 rings (SSSR count). The van der Waals surface area contributed by atoms with Crippen LogP contribution in [0.2, 0.25) is 0 Å². The number of carbonyl (C=O) groups excluding carboxylic acids is 1. The van der Waals surface area contributed by atoms with Gasteiger partial charge in [0.25, 0.3) is 0 Å². The summed E-state index contributed by atoms with van der Waals surface area (Å²) in [6.45, 7) is 4.03. The lowest BCUT2D eigenvalue weighted by Crippen LogP contribution is -2.70. The minimum Gasteiger partial charge on any atom is -0.339 e. The lowest BCUT2D eigenvalue weighted by molar-refractivity contribution is -0.440. The zero-order chi connectivity index (χ0) is 25.3. The number of alkyl halides is 13. The zero-order valence-electron chi connectivity index (χ0n) is 16.0. The van der Waals surface area contributed by atoms with Crippen molar-refractivity contribution in [2.45, 2.75) is 68.9 Å². The van der Waals surface area contributed by atoms with Crippen LogP contribution in [0.4, 0.5) is 57.1 Å². The van der Waals surface area contributed by atoms with E-state index in [1.54, 1.807) is 6.92 Å². The Kier molecular flexibility index (Phi) is 8.55. The first-order valence-electron chi connectivity index (χ1n) is 8.43. The first-order valence-corrected chi connectivity index (χ1v) is 8.43. The van der Waals surface area contributed by atoms with Gasteiger partial charge < -0.3 is 4.90 Å². The third kappa shape index (κ3) is 5.21. The van der Waals surface area contributed by atoms with E-state index >= 15 is 0 Å². The smallest absolute Gasteiger partial charge is 0.339 e. The molecule has 0 aliphatic carbocycles. The summed E-state index contributed by atoms with van der Waals surface area (Å²) < 4.78 is 170. The molecule has 184 valence electrons. The average Bonchev–Trinajstić information content (AvgIpc) is 2.59. The van der Waals surface area contributed by atoms with Gasteiger partial charge in [-0.05, 0) is 13.3 Å². The number of hydrogen-bond donors (Lipinski definition) is 0. The van der Waals surface area contributed by atoms with E-state index in [0.29, 0.717) is 11.3 Å². The molecule has 0 N–H and O–H groups in total. The fraction of sp³-hybridized carbons (Fsp3) is 0.812. The van der Waals surface area contributed by atoms with Gasteiger partial charge in [-0.1, -0.05) is 19.9 Å². The molecule has 0 aliphatic heterocycles. The highest BCUT2D eigenvalue weighted by Gasteiger charge is 2.90. The van der Waals surface area contributed by atoms with Crippen LogP contribution < -0.4 is 0 Å². The maximum absolute atomic E-state index is 13.8. The van der Waals surface area contributed by atoms with Gasteiger partial charge in [0.05, 0.1) is 0 Å². The molecule has 0 atom stereocenters. The molecule has 0 saturated carbocycles. The molecule has 0 heterocycles. The Balaban J connectivity index is 5.99.